The molecule has 2 nitrogen and oxygen atoms in total. The number of rotatable bonds is 13. The van der Waals surface area contributed by atoms with Crippen LogP contribution < -0.4 is 10.6 Å². The van der Waals surface area contributed by atoms with Crippen LogP contribution in [0, 0.1) is 5.82 Å². The average molecular weight is 425 g/mol. The van der Waals surface area contributed by atoms with E-state index in [1.807, 2.05) is 0 Å². The third-order valence-corrected chi connectivity index (χ3v) is 5.09. The third kappa shape index (κ3) is 8.34. The van der Waals surface area contributed by atoms with Gasteiger partial charge < -0.3 is 10.6 Å². The zero-order chi connectivity index (χ0) is 21.8. The quantitative estimate of drug-likeness (QED) is 0.253. The molecule has 166 valence electrons. The summed E-state index contributed by atoms with van der Waals surface area (Å²) in [5.41, 5.74) is -0.0771. The van der Waals surface area contributed by atoms with E-state index >= 15 is 0 Å². The Morgan fingerprint density at radius 3 is 2.17 bits per heavy atom. The highest BCUT2D eigenvalue weighted by atomic mass is 19.4. The number of unbranched alkanes of at least 4 members (excludes halogenated alkanes) is 7. The summed E-state index contributed by atoms with van der Waals surface area (Å²) in [6.07, 6.45) is 5.48. The van der Waals surface area contributed by atoms with Gasteiger partial charge in [0.2, 0.25) is 0 Å². The summed E-state index contributed by atoms with van der Waals surface area (Å²) in [7, 11) is 0. The molecular formula is C24H32F4N2. The van der Waals surface area contributed by atoms with E-state index in [4.69, 9.17) is 0 Å². The van der Waals surface area contributed by atoms with Crippen molar-refractivity contribution in [2.45, 2.75) is 71.0 Å². The smallest absolute Gasteiger partial charge is 0.355 e. The van der Waals surface area contributed by atoms with Crippen LogP contribution in [0.5, 0.6) is 0 Å². The molecule has 2 aromatic rings. The van der Waals surface area contributed by atoms with Crippen molar-refractivity contribution in [2.24, 2.45) is 0 Å². The minimum Gasteiger partial charge on any atom is -0.355 e. The molecule has 0 saturated heterocycles. The van der Waals surface area contributed by atoms with Crippen molar-refractivity contribution in [1.29, 1.82) is 0 Å². The van der Waals surface area contributed by atoms with Crippen molar-refractivity contribution in [2.75, 3.05) is 11.9 Å². The van der Waals surface area contributed by atoms with Crippen LogP contribution in [-0.4, -0.2) is 6.54 Å². The van der Waals surface area contributed by atoms with E-state index in [1.54, 1.807) is 12.1 Å². The second kappa shape index (κ2) is 12.6. The monoisotopic (exact) mass is 424 g/mol. The Kier molecular flexibility index (Phi) is 10.1. The van der Waals surface area contributed by atoms with Crippen molar-refractivity contribution >= 4 is 11.4 Å². The summed E-state index contributed by atoms with van der Waals surface area (Å²) in [6.45, 7) is 3.45. The van der Waals surface area contributed by atoms with Gasteiger partial charge in [0.1, 0.15) is 5.82 Å². The molecule has 2 N–H and O–H groups in total. The molecule has 0 aromatic heterocycles. The Balaban J connectivity index is 1.76. The van der Waals surface area contributed by atoms with Crippen LogP contribution in [0.4, 0.5) is 28.9 Å². The predicted octanol–water partition coefficient (Wildman–Crippen LogP) is 7.82. The first-order valence-electron chi connectivity index (χ1n) is 10.8. The lowest BCUT2D eigenvalue weighted by Gasteiger charge is -2.15. The van der Waals surface area contributed by atoms with Crippen molar-refractivity contribution in [3.05, 3.63) is 59.4 Å². The lowest BCUT2D eigenvalue weighted by atomic mass is 10.1. The van der Waals surface area contributed by atoms with E-state index in [1.165, 1.54) is 69.2 Å². The maximum Gasteiger partial charge on any atom is 0.418 e. The van der Waals surface area contributed by atoms with Gasteiger partial charge >= 0.3 is 6.18 Å². The first-order valence-corrected chi connectivity index (χ1v) is 10.8. The lowest BCUT2D eigenvalue weighted by Crippen LogP contribution is -2.15. The summed E-state index contributed by atoms with van der Waals surface area (Å²) >= 11 is 0. The number of nitrogens with one attached hydrogen (secondary N) is 2. The molecule has 0 aliphatic rings. The minimum absolute atomic E-state index is 0.0926. The fourth-order valence-electron chi connectivity index (χ4n) is 3.37. The van der Waals surface area contributed by atoms with Gasteiger partial charge in [0, 0.05) is 17.8 Å². The van der Waals surface area contributed by atoms with Gasteiger partial charge in [-0.1, -0.05) is 70.1 Å². The van der Waals surface area contributed by atoms with Gasteiger partial charge in [-0.25, -0.2) is 4.39 Å². The fourth-order valence-corrected chi connectivity index (χ4v) is 3.37. The molecule has 6 heteroatoms. The second-order valence-electron chi connectivity index (χ2n) is 7.63. The Morgan fingerprint density at radius 1 is 0.833 bits per heavy atom. The molecule has 0 amide bonds. The summed E-state index contributed by atoms with van der Waals surface area (Å²) in [4.78, 5) is 0. The molecule has 0 unspecified atom stereocenters. The van der Waals surface area contributed by atoms with E-state index in [9.17, 15) is 17.6 Å². The number of para-hydroxylation sites is 1. The normalized spacial score (nSPS) is 11.6. The van der Waals surface area contributed by atoms with Crippen LogP contribution in [0.3, 0.4) is 0 Å². The van der Waals surface area contributed by atoms with Crippen molar-refractivity contribution in [1.82, 2.24) is 5.32 Å². The summed E-state index contributed by atoms with van der Waals surface area (Å²) in [6, 6.07) is 9.62. The number of hydrogen-bond acceptors (Lipinski definition) is 2. The Bertz CT molecular complexity index is 759. The number of halogens is 4. The van der Waals surface area contributed by atoms with Gasteiger partial charge in [-0.3, -0.25) is 0 Å². The molecule has 30 heavy (non-hydrogen) atoms. The molecule has 2 rings (SSSR count). The summed E-state index contributed by atoms with van der Waals surface area (Å²) in [5, 5.41) is 5.92. The maximum atomic E-state index is 14.4. The Morgan fingerprint density at radius 2 is 1.50 bits per heavy atom. The average Bonchev–Trinajstić information content (AvgIpc) is 2.70. The highest BCUT2D eigenvalue weighted by molar-refractivity contribution is 5.64. The number of alkyl halides is 3. The van der Waals surface area contributed by atoms with Crippen LogP contribution in [0.1, 0.15) is 69.4 Å². The first kappa shape index (κ1) is 24.2. The van der Waals surface area contributed by atoms with Gasteiger partial charge in [-0.2, -0.15) is 13.2 Å². The van der Waals surface area contributed by atoms with Gasteiger partial charge in [-0.15, -0.1) is 0 Å². The molecule has 0 fully saturated rings. The number of hydrogen-bond donors (Lipinski definition) is 2. The second-order valence-corrected chi connectivity index (χ2v) is 7.63. The van der Waals surface area contributed by atoms with Gasteiger partial charge in [-0.05, 0) is 37.2 Å². The molecular weight excluding hydrogens is 392 g/mol. The molecule has 0 aliphatic heterocycles. The zero-order valence-electron chi connectivity index (χ0n) is 17.6. The van der Waals surface area contributed by atoms with E-state index < -0.39 is 17.6 Å². The SMILES string of the molecule is CCCCCCCCCCNCc1ccc(Nc2ccccc2C(F)(F)F)cc1F. The van der Waals surface area contributed by atoms with Crippen molar-refractivity contribution in [3.63, 3.8) is 0 Å². The van der Waals surface area contributed by atoms with Crippen LogP contribution in [0.15, 0.2) is 42.5 Å². The summed E-state index contributed by atoms with van der Waals surface area (Å²) < 4.78 is 53.6. The highest BCUT2D eigenvalue weighted by Crippen LogP contribution is 2.36. The molecule has 0 radical (unpaired) electrons. The zero-order valence-corrected chi connectivity index (χ0v) is 17.6. The highest BCUT2D eigenvalue weighted by Gasteiger charge is 2.33. The number of benzene rings is 2. The molecule has 0 saturated carbocycles. The fraction of sp³-hybridized carbons (Fsp3) is 0.500. The van der Waals surface area contributed by atoms with Gasteiger partial charge in [0.15, 0.2) is 0 Å². The van der Waals surface area contributed by atoms with Crippen molar-refractivity contribution in [3.8, 4) is 0 Å². The van der Waals surface area contributed by atoms with Gasteiger partial charge in [0.25, 0.3) is 0 Å². The van der Waals surface area contributed by atoms with Gasteiger partial charge in [0.05, 0.1) is 11.3 Å². The van der Waals surface area contributed by atoms with E-state index in [-0.39, 0.29) is 11.4 Å². The van der Waals surface area contributed by atoms with Crippen LogP contribution in [-0.2, 0) is 12.7 Å². The van der Waals surface area contributed by atoms with E-state index in [2.05, 4.69) is 17.6 Å². The Hall–Kier alpha value is -2.08. The lowest BCUT2D eigenvalue weighted by molar-refractivity contribution is -0.136. The molecule has 0 aliphatic carbocycles. The maximum absolute atomic E-state index is 14.4. The van der Waals surface area contributed by atoms with E-state index in [0.717, 1.165) is 19.0 Å². The Labute approximate surface area is 177 Å². The van der Waals surface area contributed by atoms with Crippen molar-refractivity contribution < 1.29 is 17.6 Å². The van der Waals surface area contributed by atoms with Crippen LogP contribution in [0.2, 0.25) is 0 Å². The molecule has 2 aromatic carbocycles. The van der Waals surface area contributed by atoms with Crippen LogP contribution >= 0.6 is 0 Å². The molecule has 0 heterocycles. The predicted molar refractivity (Wildman–Crippen MR) is 115 cm³/mol. The molecule has 0 spiro atoms. The topological polar surface area (TPSA) is 24.1 Å². The van der Waals surface area contributed by atoms with E-state index in [0.29, 0.717) is 12.1 Å². The summed E-state index contributed by atoms with van der Waals surface area (Å²) in [5.74, 6) is -0.437. The number of anilines is 2. The standard InChI is InChI=1S/C24H32F4N2/c1-2-3-4-5-6-7-8-11-16-29-18-19-14-15-20(17-22(19)25)30-23-13-10-9-12-21(23)24(26,27)28/h9-10,12-15,17,29-30H,2-8,11,16,18H2,1H3. The molecule has 0 atom stereocenters. The van der Waals surface area contributed by atoms with Crippen LogP contribution in [0.25, 0.3) is 0 Å². The third-order valence-electron chi connectivity index (χ3n) is 5.09. The molecule has 0 bridgehead atoms. The first-order chi connectivity index (χ1) is 14.4. The minimum atomic E-state index is -4.47. The largest absolute Gasteiger partial charge is 0.418 e.